The predicted molar refractivity (Wildman–Crippen MR) is 90.5 cm³/mol. The van der Waals surface area contributed by atoms with Crippen LogP contribution in [0.3, 0.4) is 0 Å². The van der Waals surface area contributed by atoms with Gasteiger partial charge in [0.2, 0.25) is 5.89 Å². The Morgan fingerprint density at radius 1 is 1.29 bits per heavy atom. The van der Waals surface area contributed by atoms with Crippen molar-refractivity contribution in [1.29, 1.82) is 0 Å². The number of carbonyl (C=O) groups excluding carboxylic acids is 1. The van der Waals surface area contributed by atoms with Crippen LogP contribution in [0.25, 0.3) is 0 Å². The molecule has 0 aliphatic carbocycles. The van der Waals surface area contributed by atoms with E-state index in [1.54, 1.807) is 4.90 Å². The van der Waals surface area contributed by atoms with E-state index in [0.29, 0.717) is 12.8 Å². The van der Waals surface area contributed by atoms with Gasteiger partial charge in [-0.1, -0.05) is 6.07 Å². The quantitative estimate of drug-likeness (QED) is 0.857. The maximum atomic E-state index is 12.8. The standard InChI is InChI=1S/C19H19F3N2O4/c20-19(21,22)11-2-1-3-15(6-11)27-10-17-23-16(9-28-17)18(26)24-12-4-5-13(24)8-14(25)7-12/h1-3,6,9,12-14,25H,4-5,7-8,10H2/t12-,13+,14?. The molecule has 2 fully saturated rings. The number of benzene rings is 1. The minimum atomic E-state index is -4.46. The van der Waals surface area contributed by atoms with Gasteiger partial charge in [-0.2, -0.15) is 13.2 Å². The lowest BCUT2D eigenvalue weighted by Gasteiger charge is -2.36. The second-order valence-corrected chi connectivity index (χ2v) is 7.16. The molecular weight excluding hydrogens is 377 g/mol. The number of halogens is 3. The van der Waals surface area contributed by atoms with Gasteiger partial charge < -0.3 is 19.2 Å². The predicted octanol–water partition coefficient (Wildman–Crippen LogP) is 3.40. The average molecular weight is 396 g/mol. The first kappa shape index (κ1) is 18.8. The van der Waals surface area contributed by atoms with Crippen molar-refractivity contribution in [3.05, 3.63) is 47.7 Å². The number of nitrogens with zero attached hydrogens (tertiary/aromatic N) is 2. The number of hydrogen-bond donors (Lipinski definition) is 1. The largest absolute Gasteiger partial charge is 0.484 e. The first-order chi connectivity index (χ1) is 13.3. The Balaban J connectivity index is 1.41. The van der Waals surface area contributed by atoms with Gasteiger partial charge in [-0.25, -0.2) is 4.98 Å². The Bertz CT molecular complexity index is 853. The highest BCUT2D eigenvalue weighted by atomic mass is 19.4. The molecule has 1 N–H and O–H groups in total. The van der Waals surface area contributed by atoms with Crippen LogP contribution in [0.4, 0.5) is 13.2 Å². The summed E-state index contributed by atoms with van der Waals surface area (Å²) in [7, 11) is 0. The number of aromatic nitrogens is 1. The normalized spacial score (nSPS) is 24.4. The van der Waals surface area contributed by atoms with Crippen LogP contribution in [0.1, 0.15) is 47.6 Å². The number of hydrogen-bond acceptors (Lipinski definition) is 5. The molecule has 2 aliphatic rings. The smallest absolute Gasteiger partial charge is 0.416 e. The molecule has 4 rings (SSSR count). The molecule has 0 radical (unpaired) electrons. The van der Waals surface area contributed by atoms with E-state index in [4.69, 9.17) is 9.15 Å². The zero-order chi connectivity index (χ0) is 19.9. The minimum Gasteiger partial charge on any atom is -0.484 e. The number of oxazole rings is 1. The molecule has 3 atom stereocenters. The Hall–Kier alpha value is -2.55. The third-order valence-electron chi connectivity index (χ3n) is 5.24. The molecule has 6 nitrogen and oxygen atoms in total. The van der Waals surface area contributed by atoms with Crippen LogP contribution >= 0.6 is 0 Å². The highest BCUT2D eigenvalue weighted by Crippen LogP contribution is 2.36. The fourth-order valence-electron chi connectivity index (χ4n) is 3.99. The van der Waals surface area contributed by atoms with Crippen molar-refractivity contribution < 1.29 is 32.2 Å². The van der Waals surface area contributed by atoms with E-state index >= 15 is 0 Å². The first-order valence-electron chi connectivity index (χ1n) is 9.06. The Morgan fingerprint density at radius 2 is 2.00 bits per heavy atom. The van der Waals surface area contributed by atoms with Gasteiger partial charge in [0.1, 0.15) is 12.0 Å². The lowest BCUT2D eigenvalue weighted by atomic mass is 9.99. The van der Waals surface area contributed by atoms with Gasteiger partial charge in [0.15, 0.2) is 12.3 Å². The van der Waals surface area contributed by atoms with Crippen molar-refractivity contribution in [2.24, 2.45) is 0 Å². The fraction of sp³-hybridized carbons (Fsp3) is 0.474. The Kier molecular flexibility index (Phi) is 4.78. The van der Waals surface area contributed by atoms with Gasteiger partial charge in [0.25, 0.3) is 5.91 Å². The topological polar surface area (TPSA) is 75.8 Å². The van der Waals surface area contributed by atoms with Gasteiger partial charge in [0.05, 0.1) is 11.7 Å². The monoisotopic (exact) mass is 396 g/mol. The molecule has 1 unspecified atom stereocenters. The summed E-state index contributed by atoms with van der Waals surface area (Å²) in [6, 6.07) is 4.51. The second kappa shape index (κ2) is 7.12. The van der Waals surface area contributed by atoms with Crippen molar-refractivity contribution in [2.45, 2.75) is 56.7 Å². The molecule has 150 valence electrons. The number of piperidine rings is 1. The van der Waals surface area contributed by atoms with E-state index in [9.17, 15) is 23.1 Å². The third kappa shape index (κ3) is 3.71. The van der Waals surface area contributed by atoms with Crippen molar-refractivity contribution in [1.82, 2.24) is 9.88 Å². The lowest BCUT2D eigenvalue weighted by Crippen LogP contribution is -2.48. The molecular formula is C19H19F3N2O4. The molecule has 0 spiro atoms. The number of aliphatic hydroxyl groups is 1. The van der Waals surface area contributed by atoms with Crippen molar-refractivity contribution >= 4 is 5.91 Å². The molecule has 1 aromatic heterocycles. The highest BCUT2D eigenvalue weighted by Gasteiger charge is 2.43. The van der Waals surface area contributed by atoms with Crippen LogP contribution in [-0.2, 0) is 12.8 Å². The second-order valence-electron chi connectivity index (χ2n) is 7.16. The van der Waals surface area contributed by atoms with Gasteiger partial charge in [-0.15, -0.1) is 0 Å². The van der Waals surface area contributed by atoms with E-state index in [1.165, 1.54) is 18.4 Å². The fourth-order valence-corrected chi connectivity index (χ4v) is 3.99. The summed E-state index contributed by atoms with van der Waals surface area (Å²) in [5.74, 6) is -0.123. The van der Waals surface area contributed by atoms with Gasteiger partial charge in [0, 0.05) is 12.1 Å². The number of rotatable bonds is 4. The Labute approximate surface area is 158 Å². The molecule has 1 amide bonds. The number of carbonyl (C=O) groups is 1. The summed E-state index contributed by atoms with van der Waals surface area (Å²) < 4.78 is 48.8. The van der Waals surface area contributed by atoms with E-state index in [0.717, 1.165) is 25.0 Å². The van der Waals surface area contributed by atoms with Crippen LogP contribution in [0.5, 0.6) is 5.75 Å². The molecule has 0 saturated carbocycles. The van der Waals surface area contributed by atoms with Crippen LogP contribution in [0.2, 0.25) is 0 Å². The molecule has 2 aliphatic heterocycles. The van der Waals surface area contributed by atoms with Crippen LogP contribution < -0.4 is 4.74 Å². The number of fused-ring (bicyclic) bond motifs is 2. The summed E-state index contributed by atoms with van der Waals surface area (Å²) in [6.45, 7) is -0.194. The maximum Gasteiger partial charge on any atom is 0.416 e. The summed E-state index contributed by atoms with van der Waals surface area (Å²) in [5.41, 5.74) is -0.674. The highest BCUT2D eigenvalue weighted by molar-refractivity contribution is 5.92. The van der Waals surface area contributed by atoms with E-state index in [2.05, 4.69) is 4.98 Å². The van der Waals surface area contributed by atoms with Gasteiger partial charge in [-0.3, -0.25) is 4.79 Å². The van der Waals surface area contributed by atoms with Crippen molar-refractivity contribution in [2.75, 3.05) is 0 Å². The zero-order valence-corrected chi connectivity index (χ0v) is 14.9. The minimum absolute atomic E-state index is 0.00255. The molecule has 1 aromatic carbocycles. The Morgan fingerprint density at radius 3 is 2.68 bits per heavy atom. The van der Waals surface area contributed by atoms with Crippen molar-refractivity contribution in [3.8, 4) is 5.75 Å². The van der Waals surface area contributed by atoms with Gasteiger partial charge >= 0.3 is 6.18 Å². The lowest BCUT2D eigenvalue weighted by molar-refractivity contribution is -0.137. The SMILES string of the molecule is O=C(c1coc(COc2cccc(C(F)(F)F)c2)n1)N1[C@@H]2CC[C@H]1CC(O)C2. The summed E-state index contributed by atoms with van der Waals surface area (Å²) in [4.78, 5) is 18.7. The number of ether oxygens (including phenoxy) is 1. The molecule has 9 heteroatoms. The summed E-state index contributed by atoms with van der Waals surface area (Å²) in [6.07, 6.45) is -0.763. The van der Waals surface area contributed by atoms with Crippen LogP contribution in [0.15, 0.2) is 34.9 Å². The number of amides is 1. The molecule has 28 heavy (non-hydrogen) atoms. The third-order valence-corrected chi connectivity index (χ3v) is 5.24. The molecule has 2 aromatic rings. The molecule has 2 bridgehead atoms. The van der Waals surface area contributed by atoms with E-state index in [1.807, 2.05) is 0 Å². The van der Waals surface area contributed by atoms with Crippen molar-refractivity contribution in [3.63, 3.8) is 0 Å². The van der Waals surface area contributed by atoms with E-state index in [-0.39, 0.29) is 48.0 Å². The first-order valence-corrected chi connectivity index (χ1v) is 9.06. The van der Waals surface area contributed by atoms with Gasteiger partial charge in [-0.05, 0) is 43.9 Å². The molecule has 2 saturated heterocycles. The van der Waals surface area contributed by atoms with Crippen LogP contribution in [-0.4, -0.2) is 39.1 Å². The summed E-state index contributed by atoms with van der Waals surface area (Å²) in [5, 5.41) is 9.85. The summed E-state index contributed by atoms with van der Waals surface area (Å²) >= 11 is 0. The van der Waals surface area contributed by atoms with Crippen LogP contribution in [0, 0.1) is 0 Å². The average Bonchev–Trinajstić information content (AvgIpc) is 3.22. The zero-order valence-electron chi connectivity index (χ0n) is 14.9. The molecule has 3 heterocycles. The maximum absolute atomic E-state index is 12.8. The van der Waals surface area contributed by atoms with E-state index < -0.39 is 11.7 Å². The number of aliphatic hydroxyl groups excluding tert-OH is 1. The number of alkyl halides is 3.